The fourth-order valence-corrected chi connectivity index (χ4v) is 2.08. The van der Waals surface area contributed by atoms with Crippen LogP contribution >= 0.6 is 0 Å². The first-order chi connectivity index (χ1) is 9.34. The molecule has 0 aliphatic heterocycles. The van der Waals surface area contributed by atoms with Crippen molar-refractivity contribution in [3.63, 3.8) is 0 Å². The van der Waals surface area contributed by atoms with Crippen molar-refractivity contribution >= 4 is 16.9 Å². The fraction of sp³-hybridized carbons (Fsp3) is 0.0625. The third kappa shape index (κ3) is 2.36. The highest BCUT2D eigenvalue weighted by Crippen LogP contribution is 2.18. The number of esters is 1. The van der Waals surface area contributed by atoms with E-state index in [0.717, 1.165) is 16.5 Å². The number of carbonyl (C=O) groups excluding carboxylic acids is 1. The van der Waals surface area contributed by atoms with Crippen molar-refractivity contribution < 1.29 is 9.53 Å². The predicted molar refractivity (Wildman–Crippen MR) is 73.9 cm³/mol. The number of nitrogens with one attached hydrogen (secondary N) is 1. The number of benzene rings is 2. The number of fused-ring (bicyclic) bond motifs is 1. The lowest BCUT2D eigenvalue weighted by molar-refractivity contribution is 0.0474. The van der Waals surface area contributed by atoms with Crippen LogP contribution in [0.4, 0.5) is 0 Å². The first-order valence-corrected chi connectivity index (χ1v) is 6.12. The summed E-state index contributed by atoms with van der Waals surface area (Å²) in [5, 5.41) is 1.09. The molecular weight excluding hydrogens is 238 g/mol. The van der Waals surface area contributed by atoms with Crippen molar-refractivity contribution in [1.29, 1.82) is 0 Å². The zero-order valence-corrected chi connectivity index (χ0v) is 10.3. The van der Waals surface area contributed by atoms with Crippen molar-refractivity contribution in [2.45, 2.75) is 6.61 Å². The molecule has 0 amide bonds. The van der Waals surface area contributed by atoms with E-state index in [-0.39, 0.29) is 12.6 Å². The Morgan fingerprint density at radius 2 is 1.84 bits per heavy atom. The maximum Gasteiger partial charge on any atom is 0.338 e. The summed E-state index contributed by atoms with van der Waals surface area (Å²) in [6.45, 7) is 0.281. The Kier molecular flexibility index (Phi) is 3.02. The highest BCUT2D eigenvalue weighted by atomic mass is 16.5. The SMILES string of the molecule is O=C(OCc1cccc2[nH]ccc12)c1ccccc1. The second kappa shape index (κ2) is 4.98. The minimum Gasteiger partial charge on any atom is -0.457 e. The molecule has 1 aromatic heterocycles. The quantitative estimate of drug-likeness (QED) is 0.723. The molecule has 0 spiro atoms. The second-order valence-corrected chi connectivity index (χ2v) is 4.30. The number of hydrogen-bond acceptors (Lipinski definition) is 2. The molecule has 0 saturated heterocycles. The zero-order chi connectivity index (χ0) is 13.1. The molecule has 0 fully saturated rings. The Hall–Kier alpha value is -2.55. The molecule has 0 aliphatic carbocycles. The lowest BCUT2D eigenvalue weighted by Crippen LogP contribution is -2.05. The summed E-state index contributed by atoms with van der Waals surface area (Å²) in [7, 11) is 0. The third-order valence-electron chi connectivity index (χ3n) is 3.05. The number of rotatable bonds is 3. The van der Waals surface area contributed by atoms with Crippen LogP contribution in [0.25, 0.3) is 10.9 Å². The fourth-order valence-electron chi connectivity index (χ4n) is 2.08. The smallest absolute Gasteiger partial charge is 0.338 e. The van der Waals surface area contributed by atoms with E-state index in [2.05, 4.69) is 4.98 Å². The molecular formula is C16H13NO2. The largest absolute Gasteiger partial charge is 0.457 e. The lowest BCUT2D eigenvalue weighted by atomic mass is 10.1. The van der Waals surface area contributed by atoms with Gasteiger partial charge in [0.25, 0.3) is 0 Å². The lowest BCUT2D eigenvalue weighted by Gasteiger charge is -2.06. The number of H-pyrrole nitrogens is 1. The average Bonchev–Trinajstić information content (AvgIpc) is 2.94. The Morgan fingerprint density at radius 3 is 2.68 bits per heavy atom. The zero-order valence-electron chi connectivity index (χ0n) is 10.3. The molecule has 3 rings (SSSR count). The van der Waals surface area contributed by atoms with Crippen LogP contribution < -0.4 is 0 Å². The standard InChI is InChI=1S/C16H13NO2/c18-16(12-5-2-1-3-6-12)19-11-13-7-4-8-15-14(13)9-10-17-15/h1-10,17H,11H2. The molecule has 0 bridgehead atoms. The third-order valence-corrected chi connectivity index (χ3v) is 3.05. The molecule has 3 nitrogen and oxygen atoms in total. The second-order valence-electron chi connectivity index (χ2n) is 4.30. The molecule has 19 heavy (non-hydrogen) atoms. The van der Waals surface area contributed by atoms with Gasteiger partial charge in [-0.25, -0.2) is 4.79 Å². The summed E-state index contributed by atoms with van der Waals surface area (Å²) in [4.78, 5) is 15.0. The van der Waals surface area contributed by atoms with E-state index in [1.54, 1.807) is 12.1 Å². The molecule has 2 aromatic carbocycles. The van der Waals surface area contributed by atoms with E-state index < -0.39 is 0 Å². The van der Waals surface area contributed by atoms with Gasteiger partial charge in [-0.05, 0) is 29.8 Å². The van der Waals surface area contributed by atoms with Crippen molar-refractivity contribution in [3.05, 3.63) is 71.9 Å². The highest BCUT2D eigenvalue weighted by Gasteiger charge is 2.08. The van der Waals surface area contributed by atoms with Crippen molar-refractivity contribution in [3.8, 4) is 0 Å². The Bertz CT molecular complexity index is 701. The van der Waals surface area contributed by atoms with Gasteiger partial charge in [-0.2, -0.15) is 0 Å². The minimum atomic E-state index is -0.298. The molecule has 0 saturated carbocycles. The van der Waals surface area contributed by atoms with Crippen LogP contribution in [-0.4, -0.2) is 11.0 Å². The van der Waals surface area contributed by atoms with Gasteiger partial charge < -0.3 is 9.72 Å². The van der Waals surface area contributed by atoms with E-state index in [0.29, 0.717) is 5.56 Å². The molecule has 1 N–H and O–H groups in total. The molecule has 0 atom stereocenters. The Labute approximate surface area is 110 Å². The van der Waals surface area contributed by atoms with Gasteiger partial charge in [-0.1, -0.05) is 30.3 Å². The van der Waals surface area contributed by atoms with E-state index in [4.69, 9.17) is 4.74 Å². The van der Waals surface area contributed by atoms with Crippen LogP contribution in [-0.2, 0) is 11.3 Å². The van der Waals surface area contributed by atoms with Gasteiger partial charge in [0.15, 0.2) is 0 Å². The summed E-state index contributed by atoms with van der Waals surface area (Å²) >= 11 is 0. The van der Waals surface area contributed by atoms with Crippen molar-refractivity contribution in [1.82, 2.24) is 4.98 Å². The monoisotopic (exact) mass is 251 g/mol. The topological polar surface area (TPSA) is 42.1 Å². The first-order valence-electron chi connectivity index (χ1n) is 6.12. The molecule has 3 aromatic rings. The van der Waals surface area contributed by atoms with Gasteiger partial charge in [0.2, 0.25) is 0 Å². The van der Waals surface area contributed by atoms with Crippen LogP contribution in [0.5, 0.6) is 0 Å². The molecule has 0 unspecified atom stereocenters. The van der Waals surface area contributed by atoms with Crippen LogP contribution in [0.2, 0.25) is 0 Å². The van der Waals surface area contributed by atoms with Gasteiger partial charge in [0.1, 0.15) is 6.61 Å². The van der Waals surface area contributed by atoms with Crippen LogP contribution in [0, 0.1) is 0 Å². The molecule has 94 valence electrons. The number of hydrogen-bond donors (Lipinski definition) is 1. The predicted octanol–water partition coefficient (Wildman–Crippen LogP) is 3.52. The first kappa shape index (κ1) is 11.5. The van der Waals surface area contributed by atoms with Gasteiger partial charge in [-0.15, -0.1) is 0 Å². The van der Waals surface area contributed by atoms with E-state index in [1.807, 2.05) is 48.7 Å². The van der Waals surface area contributed by atoms with Crippen LogP contribution in [0.1, 0.15) is 15.9 Å². The molecule has 1 heterocycles. The Balaban J connectivity index is 1.76. The van der Waals surface area contributed by atoms with E-state index in [9.17, 15) is 4.79 Å². The molecule has 3 heteroatoms. The molecule has 0 radical (unpaired) electrons. The van der Waals surface area contributed by atoms with Gasteiger partial charge in [0, 0.05) is 17.1 Å². The number of aromatic amines is 1. The van der Waals surface area contributed by atoms with E-state index >= 15 is 0 Å². The highest BCUT2D eigenvalue weighted by molar-refractivity contribution is 5.89. The van der Waals surface area contributed by atoms with Crippen molar-refractivity contribution in [2.24, 2.45) is 0 Å². The summed E-state index contributed by atoms with van der Waals surface area (Å²) < 4.78 is 5.34. The maximum absolute atomic E-state index is 11.9. The summed E-state index contributed by atoms with van der Waals surface area (Å²) in [6, 6.07) is 16.9. The normalized spacial score (nSPS) is 10.5. The number of carbonyl (C=O) groups is 1. The molecule has 0 aliphatic rings. The van der Waals surface area contributed by atoms with Gasteiger partial charge in [-0.3, -0.25) is 0 Å². The number of ether oxygens (including phenoxy) is 1. The number of aromatic nitrogens is 1. The summed E-state index contributed by atoms with van der Waals surface area (Å²) in [6.07, 6.45) is 1.88. The summed E-state index contributed by atoms with van der Waals surface area (Å²) in [5.41, 5.74) is 2.63. The van der Waals surface area contributed by atoms with Crippen molar-refractivity contribution in [2.75, 3.05) is 0 Å². The minimum absolute atomic E-state index is 0.281. The maximum atomic E-state index is 11.9. The average molecular weight is 251 g/mol. The Morgan fingerprint density at radius 1 is 1.00 bits per heavy atom. The van der Waals surface area contributed by atoms with E-state index in [1.165, 1.54) is 0 Å². The van der Waals surface area contributed by atoms with Gasteiger partial charge in [0.05, 0.1) is 5.56 Å². The van der Waals surface area contributed by atoms with Crippen LogP contribution in [0.3, 0.4) is 0 Å². The van der Waals surface area contributed by atoms with Gasteiger partial charge >= 0.3 is 5.97 Å². The van der Waals surface area contributed by atoms with Crippen LogP contribution in [0.15, 0.2) is 60.8 Å². The summed E-state index contributed by atoms with van der Waals surface area (Å²) in [5.74, 6) is -0.298.